The van der Waals surface area contributed by atoms with Crippen LogP contribution < -0.4 is 0 Å². The molecule has 0 aliphatic rings. The standard InChI is InChI=1S/C18H37.3ClH.Ti/c1-3-5-7-9-11-13-15-17-18-16-14-12-10-8-6-4-2;;;;/h1,3-18H2,2H3;3*1H;. The Morgan fingerprint density at radius 3 is 0.864 bits per heavy atom. The van der Waals surface area contributed by atoms with E-state index in [1.165, 1.54) is 107 Å². The first-order valence-corrected chi connectivity index (χ1v) is 10.2. The number of halogens is 3. The zero-order valence-electron chi connectivity index (χ0n) is 14.7. The summed E-state index contributed by atoms with van der Waals surface area (Å²) in [6.07, 6.45) is 23.5. The first kappa shape index (κ1) is 31.4. The molecule has 4 heteroatoms. The summed E-state index contributed by atoms with van der Waals surface area (Å²) in [5.41, 5.74) is 0. The van der Waals surface area contributed by atoms with Crippen molar-refractivity contribution in [2.24, 2.45) is 0 Å². The Hall–Kier alpha value is 1.58. The molecular formula is C18H40Cl3Ti. The van der Waals surface area contributed by atoms with E-state index in [0.29, 0.717) is 0 Å². The van der Waals surface area contributed by atoms with Gasteiger partial charge in [-0.3, -0.25) is 0 Å². The molecule has 0 unspecified atom stereocenters. The van der Waals surface area contributed by atoms with E-state index < -0.39 is 0 Å². The third kappa shape index (κ3) is 29.6. The van der Waals surface area contributed by atoms with Gasteiger partial charge in [-0.15, -0.1) is 37.2 Å². The molecule has 0 rings (SSSR count). The molecule has 0 fully saturated rings. The van der Waals surface area contributed by atoms with Crippen LogP contribution in [0.3, 0.4) is 0 Å². The summed E-state index contributed by atoms with van der Waals surface area (Å²) in [6, 6.07) is 0. The van der Waals surface area contributed by atoms with E-state index in [-0.39, 0.29) is 37.2 Å². The molecule has 0 atom stereocenters. The van der Waals surface area contributed by atoms with Gasteiger partial charge >= 0.3 is 95.8 Å². The van der Waals surface area contributed by atoms with Gasteiger partial charge in [-0.25, -0.2) is 0 Å². The fourth-order valence-corrected chi connectivity index (χ4v) is 3.06. The minimum absolute atomic E-state index is 0. The van der Waals surface area contributed by atoms with Crippen LogP contribution in [0.15, 0.2) is 0 Å². The first-order valence-electron chi connectivity index (χ1n) is 9.06. The van der Waals surface area contributed by atoms with Crippen molar-refractivity contribution in [2.45, 2.75) is 114 Å². The van der Waals surface area contributed by atoms with Crippen molar-refractivity contribution in [1.82, 2.24) is 0 Å². The normalized spacial score (nSPS) is 9.45. The molecule has 0 N–H and O–H groups in total. The summed E-state index contributed by atoms with van der Waals surface area (Å²) >= 11 is 2.30. The number of hydrogen-bond donors (Lipinski definition) is 0. The molecule has 0 aliphatic carbocycles. The van der Waals surface area contributed by atoms with Crippen LogP contribution in [0.25, 0.3) is 0 Å². The van der Waals surface area contributed by atoms with Crippen molar-refractivity contribution in [3.63, 3.8) is 0 Å². The minimum Gasteiger partial charge on any atom is -0.147 e. The van der Waals surface area contributed by atoms with Gasteiger partial charge in [0, 0.05) is 0 Å². The van der Waals surface area contributed by atoms with Crippen molar-refractivity contribution in [2.75, 3.05) is 0 Å². The molecule has 0 bridgehead atoms. The average molecular weight is 411 g/mol. The Balaban J connectivity index is -0.000000540. The van der Waals surface area contributed by atoms with E-state index in [4.69, 9.17) is 0 Å². The van der Waals surface area contributed by atoms with Crippen LogP contribution in [0.5, 0.6) is 0 Å². The maximum absolute atomic E-state index is 2.30. The molecule has 0 aliphatic heterocycles. The van der Waals surface area contributed by atoms with E-state index in [0.717, 1.165) is 0 Å². The molecule has 0 aromatic heterocycles. The van der Waals surface area contributed by atoms with Gasteiger partial charge in [0.1, 0.15) is 0 Å². The molecule has 0 aromatic carbocycles. The monoisotopic (exact) mass is 409 g/mol. The van der Waals surface area contributed by atoms with Crippen LogP contribution in [0, 0.1) is 0 Å². The average Bonchev–Trinajstić information content (AvgIpc) is 2.43. The van der Waals surface area contributed by atoms with E-state index in [1.54, 1.807) is 0 Å². The van der Waals surface area contributed by atoms with E-state index in [9.17, 15) is 0 Å². The van der Waals surface area contributed by atoms with Crippen LogP contribution in [-0.2, 0) is 20.4 Å². The zero-order valence-corrected chi connectivity index (χ0v) is 18.8. The van der Waals surface area contributed by atoms with Crippen LogP contribution >= 0.6 is 37.2 Å². The topological polar surface area (TPSA) is 0 Å². The van der Waals surface area contributed by atoms with Gasteiger partial charge in [0.2, 0.25) is 0 Å². The molecule has 0 nitrogen and oxygen atoms in total. The summed E-state index contributed by atoms with van der Waals surface area (Å²) < 4.78 is 1.37. The fraction of sp³-hybridized carbons (Fsp3) is 1.00. The molecule has 137 valence electrons. The minimum atomic E-state index is 0. The Labute approximate surface area is 171 Å². The predicted molar refractivity (Wildman–Crippen MR) is 106 cm³/mol. The van der Waals surface area contributed by atoms with Crippen LogP contribution in [0.1, 0.15) is 110 Å². The number of unbranched alkanes of at least 4 members (excludes halogenated alkanes) is 15. The molecule has 0 saturated heterocycles. The molecule has 0 heterocycles. The third-order valence-electron chi connectivity index (χ3n) is 4.03. The maximum atomic E-state index is 2.30. The summed E-state index contributed by atoms with van der Waals surface area (Å²) in [7, 11) is 0. The van der Waals surface area contributed by atoms with Crippen molar-refractivity contribution in [3.05, 3.63) is 0 Å². The smallest absolute Gasteiger partial charge is 0.147 e. The van der Waals surface area contributed by atoms with Crippen LogP contribution in [0.2, 0.25) is 4.73 Å². The SMILES string of the molecule is CCCCCCCCCCCCCCCCC[CH2][Ti].Cl.Cl.Cl. The summed E-state index contributed by atoms with van der Waals surface area (Å²) in [6.45, 7) is 2.30. The summed E-state index contributed by atoms with van der Waals surface area (Å²) in [4.78, 5) is 0. The Bertz CT molecular complexity index is 141. The summed E-state index contributed by atoms with van der Waals surface area (Å²) in [5, 5.41) is 0. The number of rotatable bonds is 16. The van der Waals surface area contributed by atoms with Gasteiger partial charge in [0.15, 0.2) is 0 Å². The quantitative estimate of drug-likeness (QED) is 0.177. The second-order valence-electron chi connectivity index (χ2n) is 6.05. The summed E-state index contributed by atoms with van der Waals surface area (Å²) in [5.74, 6) is 0. The van der Waals surface area contributed by atoms with Crippen molar-refractivity contribution < 1.29 is 20.4 Å². The Morgan fingerprint density at radius 1 is 0.409 bits per heavy atom. The molecule has 0 radical (unpaired) electrons. The fourth-order valence-electron chi connectivity index (χ4n) is 2.67. The first-order chi connectivity index (χ1) is 9.41. The van der Waals surface area contributed by atoms with Gasteiger partial charge in [0.05, 0.1) is 0 Å². The van der Waals surface area contributed by atoms with E-state index in [1.807, 2.05) is 0 Å². The van der Waals surface area contributed by atoms with E-state index >= 15 is 0 Å². The van der Waals surface area contributed by atoms with Gasteiger partial charge < -0.3 is 0 Å². The second-order valence-corrected chi connectivity index (χ2v) is 6.83. The van der Waals surface area contributed by atoms with E-state index in [2.05, 4.69) is 27.4 Å². The van der Waals surface area contributed by atoms with Gasteiger partial charge in [-0.1, -0.05) is 39.0 Å². The maximum Gasteiger partial charge on any atom is -0.147 e. The molecular weight excluding hydrogens is 370 g/mol. The molecule has 0 saturated carbocycles. The zero-order chi connectivity index (χ0) is 14.0. The molecule has 0 spiro atoms. The second kappa shape index (κ2) is 30.5. The van der Waals surface area contributed by atoms with Crippen molar-refractivity contribution in [1.29, 1.82) is 0 Å². The van der Waals surface area contributed by atoms with Gasteiger partial charge in [0.25, 0.3) is 0 Å². The molecule has 22 heavy (non-hydrogen) atoms. The van der Waals surface area contributed by atoms with Gasteiger partial charge in [-0.2, -0.15) is 0 Å². The Morgan fingerprint density at radius 2 is 0.636 bits per heavy atom. The van der Waals surface area contributed by atoms with Crippen molar-refractivity contribution >= 4 is 37.2 Å². The largest absolute Gasteiger partial charge is 0.147 e. The Kier molecular flexibility index (Phi) is 43.4. The third-order valence-corrected chi connectivity index (χ3v) is 4.58. The van der Waals surface area contributed by atoms with Crippen LogP contribution in [-0.4, -0.2) is 0 Å². The van der Waals surface area contributed by atoms with Crippen LogP contribution in [0.4, 0.5) is 0 Å². The predicted octanol–water partition coefficient (Wildman–Crippen LogP) is 8.48. The molecule has 0 aromatic rings. The van der Waals surface area contributed by atoms with Gasteiger partial charge in [-0.05, 0) is 0 Å². The van der Waals surface area contributed by atoms with Crippen molar-refractivity contribution in [3.8, 4) is 0 Å². The number of hydrogen-bond acceptors (Lipinski definition) is 0. The molecule has 0 amide bonds.